The van der Waals surface area contributed by atoms with Crippen LogP contribution >= 0.6 is 0 Å². The number of benzene rings is 3. The maximum Gasteiger partial charge on any atom is 0.407 e. The van der Waals surface area contributed by atoms with Gasteiger partial charge in [-0.15, -0.1) is 0 Å². The van der Waals surface area contributed by atoms with E-state index in [0.717, 1.165) is 59.6 Å². The Balaban J connectivity index is 1.04. The van der Waals surface area contributed by atoms with E-state index >= 15 is 0 Å². The number of nitrogens with one attached hydrogen (secondary N) is 3. The molecular weight excluding hydrogens is 656 g/mol. The molecule has 52 heavy (non-hydrogen) atoms. The zero-order chi connectivity index (χ0) is 36.2. The van der Waals surface area contributed by atoms with Crippen LogP contribution in [0.5, 0.6) is 0 Å². The number of H-pyrrole nitrogens is 2. The number of methoxy groups -OCH3 is 1. The van der Waals surface area contributed by atoms with E-state index in [4.69, 9.17) is 14.7 Å². The molecule has 5 aromatic rings. The number of aromatic nitrogens is 4. The number of imidazole rings is 2. The summed E-state index contributed by atoms with van der Waals surface area (Å²) in [5, 5.41) is 2.71. The lowest BCUT2D eigenvalue weighted by Crippen LogP contribution is -2.42. The number of carbonyl (C=O) groups excluding carboxylic acids is 3. The van der Waals surface area contributed by atoms with Gasteiger partial charge in [0, 0.05) is 13.1 Å². The summed E-state index contributed by atoms with van der Waals surface area (Å²) in [6.45, 7) is 1.25. The number of hydrogen-bond donors (Lipinski definition) is 3. The van der Waals surface area contributed by atoms with Crippen LogP contribution < -0.4 is 5.32 Å². The van der Waals surface area contributed by atoms with E-state index in [1.165, 1.54) is 7.11 Å². The molecule has 7 rings (SSSR count). The van der Waals surface area contributed by atoms with Gasteiger partial charge in [-0.2, -0.15) is 0 Å². The van der Waals surface area contributed by atoms with E-state index < -0.39 is 12.1 Å². The van der Waals surface area contributed by atoms with Gasteiger partial charge in [0.1, 0.15) is 23.7 Å². The van der Waals surface area contributed by atoms with Crippen LogP contribution in [0.1, 0.15) is 72.6 Å². The van der Waals surface area contributed by atoms with Gasteiger partial charge in [-0.3, -0.25) is 14.5 Å². The second kappa shape index (κ2) is 15.2. The molecule has 3 N–H and O–H groups in total. The molecule has 3 aromatic carbocycles. The maximum absolute atomic E-state index is 13.9. The van der Waals surface area contributed by atoms with Gasteiger partial charge in [0.25, 0.3) is 5.91 Å². The summed E-state index contributed by atoms with van der Waals surface area (Å²) in [6, 6.07) is 25.6. The van der Waals surface area contributed by atoms with Gasteiger partial charge in [0.15, 0.2) is 0 Å². The van der Waals surface area contributed by atoms with Crippen molar-refractivity contribution in [3.8, 4) is 22.5 Å². The number of ether oxygens (including phenoxy) is 1. The van der Waals surface area contributed by atoms with E-state index in [9.17, 15) is 14.4 Å². The Hall–Kier alpha value is -5.75. The van der Waals surface area contributed by atoms with E-state index in [1.54, 1.807) is 11.1 Å². The molecule has 4 atom stereocenters. The molecule has 3 amide bonds. The van der Waals surface area contributed by atoms with Crippen LogP contribution in [0.3, 0.4) is 0 Å². The number of alkyl carbamates (subject to hydrolysis) is 1. The standard InChI is InChI=1S/C40H44N8O4/c1-46(2)35(29-14-8-5-9-15-29)39(50)48-23-11-17-33(48)37-42-25-31(44-37)27-20-18-26(19-21-27)30-24-41-36(43-30)32-16-10-22-47(32)38(49)34(45-40(51)52-3)28-12-6-4-7-13-28/h4-9,12-15,18-21,24-25,32-35H,10-11,16-17,22-23H2,1-3H3,(H,41,43)(H,42,44)(H,45,51)/t32-,33-,34+,35+/m0/s1. The van der Waals surface area contributed by atoms with Crippen molar-refractivity contribution in [2.75, 3.05) is 34.3 Å². The molecule has 0 bridgehead atoms. The first-order valence-electron chi connectivity index (χ1n) is 17.7. The van der Waals surface area contributed by atoms with Crippen LogP contribution in [-0.2, 0) is 14.3 Å². The Morgan fingerprint density at radius 2 is 1.21 bits per heavy atom. The van der Waals surface area contributed by atoms with E-state index in [2.05, 4.69) is 15.3 Å². The minimum Gasteiger partial charge on any atom is -0.453 e. The number of likely N-dealkylation sites (tertiary alicyclic amines) is 2. The minimum absolute atomic E-state index is 0.0823. The first-order valence-corrected chi connectivity index (χ1v) is 17.7. The van der Waals surface area contributed by atoms with Gasteiger partial charge >= 0.3 is 6.09 Å². The SMILES string of the molecule is COC(=O)N[C@@H](C(=O)N1CCC[C@H]1c1ncc(-c2ccc(-c3cnc([C@@H]4CCCN4C(=O)[C@@H](c4ccccc4)N(C)C)[nH]3)cc2)[nH]1)c1ccccc1. The highest BCUT2D eigenvalue weighted by molar-refractivity contribution is 5.87. The van der Waals surface area contributed by atoms with Crippen molar-refractivity contribution in [2.45, 2.75) is 49.9 Å². The van der Waals surface area contributed by atoms with Gasteiger partial charge in [-0.1, -0.05) is 84.9 Å². The molecule has 2 aliphatic heterocycles. The Kier molecular flexibility index (Phi) is 10.2. The molecule has 4 heterocycles. The maximum atomic E-state index is 13.9. The summed E-state index contributed by atoms with van der Waals surface area (Å²) in [6.07, 6.45) is 6.32. The molecule has 12 nitrogen and oxygen atoms in total. The summed E-state index contributed by atoms with van der Waals surface area (Å²) in [5.41, 5.74) is 5.32. The lowest BCUT2D eigenvalue weighted by Gasteiger charge is -2.31. The quantitative estimate of drug-likeness (QED) is 0.158. The summed E-state index contributed by atoms with van der Waals surface area (Å²) in [7, 11) is 5.17. The minimum atomic E-state index is -0.874. The fourth-order valence-electron chi connectivity index (χ4n) is 7.49. The average Bonchev–Trinajstić information content (AvgIpc) is 4.01. The molecular formula is C40H44N8O4. The van der Waals surface area contributed by atoms with Crippen LogP contribution in [0.25, 0.3) is 22.5 Å². The second-order valence-electron chi connectivity index (χ2n) is 13.6. The average molecular weight is 701 g/mol. The van der Waals surface area contributed by atoms with Gasteiger partial charge in [0.2, 0.25) is 5.91 Å². The Morgan fingerprint density at radius 1 is 0.731 bits per heavy atom. The molecule has 0 radical (unpaired) electrons. The summed E-state index contributed by atoms with van der Waals surface area (Å²) >= 11 is 0. The Bertz CT molecular complexity index is 1990. The lowest BCUT2D eigenvalue weighted by molar-refractivity contribution is -0.137. The molecule has 0 unspecified atom stereocenters. The number of carbonyl (C=O) groups is 3. The van der Waals surface area contributed by atoms with Crippen molar-refractivity contribution in [3.05, 3.63) is 120 Å². The van der Waals surface area contributed by atoms with Crippen LogP contribution in [0.15, 0.2) is 97.3 Å². The highest BCUT2D eigenvalue weighted by atomic mass is 16.5. The Labute approximate surface area is 303 Å². The number of amides is 3. The third-order valence-electron chi connectivity index (χ3n) is 10.1. The molecule has 12 heteroatoms. The molecule has 2 fully saturated rings. The first kappa shape index (κ1) is 34.7. The third kappa shape index (κ3) is 7.06. The number of nitrogens with zero attached hydrogens (tertiary/aromatic N) is 5. The molecule has 2 saturated heterocycles. The largest absolute Gasteiger partial charge is 0.453 e. The monoisotopic (exact) mass is 700 g/mol. The van der Waals surface area contributed by atoms with Crippen LogP contribution in [0.2, 0.25) is 0 Å². The van der Waals surface area contributed by atoms with Gasteiger partial charge in [-0.25, -0.2) is 14.8 Å². The van der Waals surface area contributed by atoms with Gasteiger partial charge in [0.05, 0.1) is 43.0 Å². The molecule has 2 aromatic heterocycles. The summed E-state index contributed by atoms with van der Waals surface area (Å²) in [4.78, 5) is 62.1. The molecule has 2 aliphatic rings. The highest BCUT2D eigenvalue weighted by Gasteiger charge is 2.38. The van der Waals surface area contributed by atoms with Crippen molar-refractivity contribution >= 4 is 17.9 Å². The van der Waals surface area contributed by atoms with Crippen LogP contribution in [-0.4, -0.2) is 86.8 Å². The number of likely N-dealkylation sites (N-methyl/N-ethyl adjacent to an activating group) is 1. The smallest absolute Gasteiger partial charge is 0.407 e. The van der Waals surface area contributed by atoms with Crippen molar-refractivity contribution in [1.29, 1.82) is 0 Å². The van der Waals surface area contributed by atoms with Crippen molar-refractivity contribution in [3.63, 3.8) is 0 Å². The molecule has 268 valence electrons. The number of rotatable bonds is 10. The third-order valence-corrected chi connectivity index (χ3v) is 10.1. The summed E-state index contributed by atoms with van der Waals surface area (Å²) < 4.78 is 4.82. The first-order chi connectivity index (χ1) is 25.3. The number of aromatic amines is 2. The Morgan fingerprint density at radius 3 is 1.69 bits per heavy atom. The zero-order valence-electron chi connectivity index (χ0n) is 29.7. The normalized spacial score (nSPS) is 18.4. The van der Waals surface area contributed by atoms with E-state index in [-0.39, 0.29) is 29.9 Å². The van der Waals surface area contributed by atoms with Crippen molar-refractivity contribution in [2.24, 2.45) is 0 Å². The topological polar surface area (TPSA) is 140 Å². The molecule has 0 aliphatic carbocycles. The zero-order valence-corrected chi connectivity index (χ0v) is 29.7. The molecule has 0 spiro atoms. The second-order valence-corrected chi connectivity index (χ2v) is 13.6. The highest BCUT2D eigenvalue weighted by Crippen LogP contribution is 2.36. The fraction of sp³-hybridized carbons (Fsp3) is 0.325. The van der Waals surface area contributed by atoms with E-state index in [0.29, 0.717) is 24.5 Å². The van der Waals surface area contributed by atoms with E-state index in [1.807, 2.05) is 115 Å². The number of hydrogen-bond acceptors (Lipinski definition) is 7. The van der Waals surface area contributed by atoms with Crippen molar-refractivity contribution in [1.82, 2.24) is 40.0 Å². The predicted molar refractivity (Wildman–Crippen MR) is 197 cm³/mol. The van der Waals surface area contributed by atoms with Crippen LogP contribution in [0.4, 0.5) is 4.79 Å². The van der Waals surface area contributed by atoms with Gasteiger partial charge in [-0.05, 0) is 62.0 Å². The summed E-state index contributed by atoms with van der Waals surface area (Å²) in [5.74, 6) is 1.37. The fourth-order valence-corrected chi connectivity index (χ4v) is 7.49. The predicted octanol–water partition coefficient (Wildman–Crippen LogP) is 6.19. The van der Waals surface area contributed by atoms with Gasteiger partial charge < -0.3 is 29.8 Å². The lowest BCUT2D eigenvalue weighted by atomic mass is 10.0. The van der Waals surface area contributed by atoms with Crippen LogP contribution in [0, 0.1) is 0 Å². The van der Waals surface area contributed by atoms with Crippen molar-refractivity contribution < 1.29 is 19.1 Å². The molecule has 0 saturated carbocycles.